The van der Waals surface area contributed by atoms with Gasteiger partial charge in [0.2, 0.25) is 17.5 Å². The standard InChI is InChI=1S/C23H27FN4O4/c1-29-19-10-9-18(21(30-2)22(19)31-3)23-25-20(32-26-23)15-27-11-4-12-28(14-13-27)17-7-5-16(24)6-8-17/h5-10H,4,11-15H2,1-3H3. The number of nitrogens with zero attached hydrogens (tertiary/aromatic N) is 4. The maximum Gasteiger partial charge on any atom is 0.241 e. The number of anilines is 1. The highest BCUT2D eigenvalue weighted by molar-refractivity contribution is 5.72. The summed E-state index contributed by atoms with van der Waals surface area (Å²) < 4.78 is 35.1. The van der Waals surface area contributed by atoms with Crippen molar-refractivity contribution in [1.82, 2.24) is 15.0 Å². The van der Waals surface area contributed by atoms with Crippen molar-refractivity contribution in [3.05, 3.63) is 48.1 Å². The molecule has 2 aromatic carbocycles. The second-order valence-corrected chi connectivity index (χ2v) is 7.49. The fourth-order valence-electron chi connectivity index (χ4n) is 3.94. The minimum Gasteiger partial charge on any atom is -0.493 e. The molecular weight excluding hydrogens is 415 g/mol. The van der Waals surface area contributed by atoms with Crippen molar-refractivity contribution < 1.29 is 23.1 Å². The van der Waals surface area contributed by atoms with Crippen molar-refractivity contribution in [2.45, 2.75) is 13.0 Å². The third kappa shape index (κ3) is 4.62. The SMILES string of the molecule is COc1ccc(-c2noc(CN3CCCN(c4ccc(F)cc4)CC3)n2)c(OC)c1OC. The van der Waals surface area contributed by atoms with Gasteiger partial charge in [-0.1, -0.05) is 5.16 Å². The van der Waals surface area contributed by atoms with Crippen LogP contribution in [0.5, 0.6) is 17.2 Å². The van der Waals surface area contributed by atoms with Crippen LogP contribution in [0, 0.1) is 5.82 Å². The zero-order valence-electron chi connectivity index (χ0n) is 18.5. The van der Waals surface area contributed by atoms with E-state index in [0.717, 1.165) is 38.3 Å². The molecule has 0 spiro atoms. The molecule has 1 aromatic heterocycles. The van der Waals surface area contributed by atoms with Gasteiger partial charge in [0, 0.05) is 31.9 Å². The number of halogens is 1. The van der Waals surface area contributed by atoms with Gasteiger partial charge in [-0.05, 0) is 42.8 Å². The molecule has 0 amide bonds. The lowest BCUT2D eigenvalue weighted by Gasteiger charge is -2.23. The van der Waals surface area contributed by atoms with Crippen LogP contribution in [0.15, 0.2) is 40.9 Å². The number of benzene rings is 2. The highest BCUT2D eigenvalue weighted by atomic mass is 19.1. The van der Waals surface area contributed by atoms with Crippen molar-refractivity contribution in [3.8, 4) is 28.6 Å². The Balaban J connectivity index is 1.45. The number of methoxy groups -OCH3 is 3. The molecule has 0 atom stereocenters. The first-order valence-corrected chi connectivity index (χ1v) is 10.5. The molecule has 0 saturated carbocycles. The first kappa shape index (κ1) is 21.9. The summed E-state index contributed by atoms with van der Waals surface area (Å²) in [4.78, 5) is 9.14. The molecule has 170 valence electrons. The molecule has 1 aliphatic heterocycles. The number of ether oxygens (including phenoxy) is 3. The molecule has 4 rings (SSSR count). The van der Waals surface area contributed by atoms with Gasteiger partial charge in [0.15, 0.2) is 11.5 Å². The molecular formula is C23H27FN4O4. The summed E-state index contributed by atoms with van der Waals surface area (Å²) in [5.74, 6) is 2.28. The summed E-state index contributed by atoms with van der Waals surface area (Å²) in [6, 6.07) is 10.3. The van der Waals surface area contributed by atoms with E-state index in [9.17, 15) is 4.39 Å². The van der Waals surface area contributed by atoms with Crippen LogP contribution in [0.2, 0.25) is 0 Å². The second kappa shape index (κ2) is 9.86. The molecule has 8 nitrogen and oxygen atoms in total. The Hall–Kier alpha value is -3.33. The predicted molar refractivity (Wildman–Crippen MR) is 118 cm³/mol. The summed E-state index contributed by atoms with van der Waals surface area (Å²) in [7, 11) is 4.69. The summed E-state index contributed by atoms with van der Waals surface area (Å²) in [5, 5.41) is 4.15. The molecule has 0 aliphatic carbocycles. The lowest BCUT2D eigenvalue weighted by atomic mass is 10.1. The van der Waals surface area contributed by atoms with E-state index in [1.807, 2.05) is 18.2 Å². The van der Waals surface area contributed by atoms with E-state index in [2.05, 4.69) is 19.9 Å². The Morgan fingerprint density at radius 3 is 2.41 bits per heavy atom. The molecule has 9 heteroatoms. The van der Waals surface area contributed by atoms with Crippen molar-refractivity contribution >= 4 is 5.69 Å². The van der Waals surface area contributed by atoms with Crippen molar-refractivity contribution in [2.24, 2.45) is 0 Å². The van der Waals surface area contributed by atoms with Gasteiger partial charge in [0.05, 0.1) is 33.4 Å². The van der Waals surface area contributed by atoms with Gasteiger partial charge in [0.25, 0.3) is 0 Å². The molecule has 0 unspecified atom stereocenters. The van der Waals surface area contributed by atoms with Crippen LogP contribution in [0.1, 0.15) is 12.3 Å². The average molecular weight is 442 g/mol. The maximum absolute atomic E-state index is 13.2. The van der Waals surface area contributed by atoms with E-state index in [1.165, 1.54) is 12.1 Å². The predicted octanol–water partition coefficient (Wildman–Crippen LogP) is 3.61. The van der Waals surface area contributed by atoms with E-state index in [-0.39, 0.29) is 5.82 Å². The van der Waals surface area contributed by atoms with Crippen molar-refractivity contribution in [2.75, 3.05) is 52.4 Å². The van der Waals surface area contributed by atoms with Crippen LogP contribution in [-0.2, 0) is 6.54 Å². The van der Waals surface area contributed by atoms with E-state index in [0.29, 0.717) is 41.1 Å². The summed E-state index contributed by atoms with van der Waals surface area (Å²) in [6.45, 7) is 4.07. The third-order valence-corrected chi connectivity index (χ3v) is 5.55. The molecule has 0 bridgehead atoms. The van der Waals surface area contributed by atoms with Crippen LogP contribution >= 0.6 is 0 Å². The van der Waals surface area contributed by atoms with Crippen LogP contribution < -0.4 is 19.1 Å². The molecule has 2 heterocycles. The Morgan fingerprint density at radius 1 is 0.906 bits per heavy atom. The Labute approximate surface area is 186 Å². The topological polar surface area (TPSA) is 73.1 Å². The van der Waals surface area contributed by atoms with Gasteiger partial charge in [-0.25, -0.2) is 4.39 Å². The summed E-state index contributed by atoms with van der Waals surface area (Å²) >= 11 is 0. The Bertz CT molecular complexity index is 1040. The van der Waals surface area contributed by atoms with Crippen LogP contribution in [-0.4, -0.2) is 62.5 Å². The van der Waals surface area contributed by atoms with E-state index in [4.69, 9.17) is 18.7 Å². The Kier molecular flexibility index (Phi) is 6.75. The van der Waals surface area contributed by atoms with Crippen LogP contribution in [0.4, 0.5) is 10.1 Å². The zero-order chi connectivity index (χ0) is 22.5. The van der Waals surface area contributed by atoms with Crippen LogP contribution in [0.3, 0.4) is 0 Å². The van der Waals surface area contributed by atoms with Gasteiger partial charge in [-0.3, -0.25) is 4.90 Å². The largest absolute Gasteiger partial charge is 0.493 e. The van der Waals surface area contributed by atoms with Gasteiger partial charge >= 0.3 is 0 Å². The number of rotatable bonds is 7. The molecule has 1 saturated heterocycles. The van der Waals surface area contributed by atoms with E-state index >= 15 is 0 Å². The minimum atomic E-state index is -0.219. The van der Waals surface area contributed by atoms with Crippen molar-refractivity contribution in [3.63, 3.8) is 0 Å². The van der Waals surface area contributed by atoms with Gasteiger partial charge < -0.3 is 23.6 Å². The average Bonchev–Trinajstić information content (AvgIpc) is 3.15. The zero-order valence-corrected chi connectivity index (χ0v) is 18.5. The molecule has 0 N–H and O–H groups in total. The van der Waals surface area contributed by atoms with E-state index < -0.39 is 0 Å². The molecule has 0 radical (unpaired) electrons. The number of aromatic nitrogens is 2. The van der Waals surface area contributed by atoms with Crippen molar-refractivity contribution in [1.29, 1.82) is 0 Å². The summed E-state index contributed by atoms with van der Waals surface area (Å²) in [6.07, 6.45) is 0.988. The molecule has 3 aromatic rings. The highest BCUT2D eigenvalue weighted by Crippen LogP contribution is 2.43. The number of hydrogen-bond acceptors (Lipinski definition) is 8. The Morgan fingerprint density at radius 2 is 1.69 bits per heavy atom. The fraction of sp³-hybridized carbons (Fsp3) is 0.391. The fourth-order valence-corrected chi connectivity index (χ4v) is 3.94. The monoisotopic (exact) mass is 442 g/mol. The van der Waals surface area contributed by atoms with Crippen LogP contribution in [0.25, 0.3) is 11.4 Å². The quantitative estimate of drug-likeness (QED) is 0.550. The molecule has 1 aliphatic rings. The van der Waals surface area contributed by atoms with E-state index in [1.54, 1.807) is 27.4 Å². The lowest BCUT2D eigenvalue weighted by molar-refractivity contribution is 0.239. The van der Waals surface area contributed by atoms with Gasteiger partial charge in [-0.15, -0.1) is 0 Å². The molecule has 1 fully saturated rings. The summed E-state index contributed by atoms with van der Waals surface area (Å²) in [5.41, 5.74) is 1.70. The smallest absolute Gasteiger partial charge is 0.241 e. The normalized spacial score (nSPS) is 14.8. The minimum absolute atomic E-state index is 0.219. The molecule has 32 heavy (non-hydrogen) atoms. The highest BCUT2D eigenvalue weighted by Gasteiger charge is 2.22. The maximum atomic E-state index is 13.2. The van der Waals surface area contributed by atoms with Gasteiger partial charge in [0.1, 0.15) is 5.82 Å². The second-order valence-electron chi connectivity index (χ2n) is 7.49. The lowest BCUT2D eigenvalue weighted by Crippen LogP contribution is -2.30. The van der Waals surface area contributed by atoms with Gasteiger partial charge in [-0.2, -0.15) is 4.98 Å². The number of hydrogen-bond donors (Lipinski definition) is 0. The first-order chi connectivity index (χ1) is 15.6. The first-order valence-electron chi connectivity index (χ1n) is 10.5. The third-order valence-electron chi connectivity index (χ3n) is 5.55.